The van der Waals surface area contributed by atoms with Crippen molar-refractivity contribution < 1.29 is 9.53 Å². The zero-order valence-electron chi connectivity index (χ0n) is 16.7. The molecule has 2 saturated heterocycles. The maximum absolute atomic E-state index is 12.5. The summed E-state index contributed by atoms with van der Waals surface area (Å²) in [5.41, 5.74) is -0.436. The van der Waals surface area contributed by atoms with E-state index in [1.54, 1.807) is 0 Å². The molecule has 0 spiro atoms. The van der Waals surface area contributed by atoms with Gasteiger partial charge in [-0.3, -0.25) is 4.99 Å². The van der Waals surface area contributed by atoms with Gasteiger partial charge in [-0.05, 0) is 64.9 Å². The van der Waals surface area contributed by atoms with Gasteiger partial charge in [-0.15, -0.1) is 24.0 Å². The number of rotatable bonds is 5. The number of carbonyl (C=O) groups is 1. The summed E-state index contributed by atoms with van der Waals surface area (Å²) in [7, 11) is 1.81. The second-order valence-electron chi connectivity index (χ2n) is 7.93. The topological polar surface area (TPSA) is 66.0 Å². The molecule has 2 fully saturated rings. The maximum atomic E-state index is 12.5. The van der Waals surface area contributed by atoms with Gasteiger partial charge in [0.05, 0.1) is 0 Å². The number of hydrogen-bond donors (Lipinski definition) is 2. The van der Waals surface area contributed by atoms with Crippen molar-refractivity contribution in [1.82, 2.24) is 15.5 Å². The Hall–Kier alpha value is -0.380. The summed E-state index contributed by atoms with van der Waals surface area (Å²) in [5, 5.41) is 6.93. The van der Waals surface area contributed by atoms with Crippen molar-refractivity contribution in [3.05, 3.63) is 0 Å². The largest absolute Gasteiger partial charge is 0.444 e. The van der Waals surface area contributed by atoms with E-state index < -0.39 is 5.60 Å². The third-order valence-corrected chi connectivity index (χ3v) is 5.42. The number of piperidine rings is 1. The molecule has 1 amide bonds. The zero-order chi connectivity index (χ0) is 18.4. The molecule has 0 aromatic rings. The lowest BCUT2D eigenvalue weighted by Crippen LogP contribution is -2.55. The van der Waals surface area contributed by atoms with E-state index in [4.69, 9.17) is 4.74 Å². The Morgan fingerprint density at radius 1 is 1.27 bits per heavy atom. The highest BCUT2D eigenvalue weighted by Crippen LogP contribution is 2.36. The summed E-state index contributed by atoms with van der Waals surface area (Å²) >= 11 is 1.86. The van der Waals surface area contributed by atoms with Crippen LogP contribution in [0.2, 0.25) is 0 Å². The molecule has 2 heterocycles. The van der Waals surface area contributed by atoms with E-state index in [0.29, 0.717) is 6.04 Å². The van der Waals surface area contributed by atoms with Crippen molar-refractivity contribution in [2.45, 2.75) is 76.6 Å². The van der Waals surface area contributed by atoms with Gasteiger partial charge in [0.2, 0.25) is 0 Å². The molecule has 2 aliphatic heterocycles. The van der Waals surface area contributed by atoms with Gasteiger partial charge in [-0.1, -0.05) is 0 Å². The highest BCUT2D eigenvalue weighted by Gasteiger charge is 2.44. The number of ether oxygens (including phenoxy) is 1. The van der Waals surface area contributed by atoms with Crippen LogP contribution in [0.15, 0.2) is 4.99 Å². The number of nitrogens with one attached hydrogen (secondary N) is 2. The molecule has 152 valence electrons. The predicted octanol–water partition coefficient (Wildman–Crippen LogP) is 3.45. The summed E-state index contributed by atoms with van der Waals surface area (Å²) in [5.74, 6) is 2.03. The predicted molar refractivity (Wildman–Crippen MR) is 121 cm³/mol. The van der Waals surface area contributed by atoms with E-state index in [9.17, 15) is 4.79 Å². The van der Waals surface area contributed by atoms with Gasteiger partial charge in [0.1, 0.15) is 5.60 Å². The fraction of sp³-hybridized carbons (Fsp3) is 0.889. The number of aliphatic imine (C=N–C) groups is 1. The van der Waals surface area contributed by atoms with Crippen molar-refractivity contribution in [2.24, 2.45) is 4.99 Å². The van der Waals surface area contributed by atoms with E-state index in [-0.39, 0.29) is 42.2 Å². The second-order valence-corrected chi connectivity index (χ2v) is 8.92. The Labute approximate surface area is 179 Å². The molecule has 2 bridgehead atoms. The molecular weight excluding hydrogens is 463 g/mol. The number of halogens is 1. The normalized spacial score (nSPS) is 25.5. The molecule has 2 unspecified atom stereocenters. The first kappa shape index (κ1) is 23.7. The lowest BCUT2D eigenvalue weighted by Gasteiger charge is -2.40. The molecular formula is C18H35IN4O2S. The van der Waals surface area contributed by atoms with Gasteiger partial charge in [-0.2, -0.15) is 11.8 Å². The monoisotopic (exact) mass is 498 g/mol. The molecule has 8 heteroatoms. The number of carbonyl (C=O) groups excluding carboxylic acids is 1. The summed E-state index contributed by atoms with van der Waals surface area (Å²) in [6, 6.07) is 0.921. The van der Waals surface area contributed by atoms with Gasteiger partial charge < -0.3 is 20.3 Å². The Balaban J connectivity index is 0.00000338. The van der Waals surface area contributed by atoms with Crippen LogP contribution in [0.1, 0.15) is 52.9 Å². The zero-order valence-corrected chi connectivity index (χ0v) is 19.9. The van der Waals surface area contributed by atoms with E-state index >= 15 is 0 Å². The minimum atomic E-state index is -0.436. The minimum absolute atomic E-state index is 0. The van der Waals surface area contributed by atoms with Crippen LogP contribution in [0.5, 0.6) is 0 Å². The van der Waals surface area contributed by atoms with Crippen LogP contribution in [0.3, 0.4) is 0 Å². The number of nitrogens with zero attached hydrogens (tertiary/aromatic N) is 2. The third-order valence-electron chi connectivity index (χ3n) is 4.72. The smallest absolute Gasteiger partial charge is 0.410 e. The number of thioether (sulfide) groups is 1. The molecule has 2 atom stereocenters. The van der Waals surface area contributed by atoms with Crippen LogP contribution in [0.4, 0.5) is 4.79 Å². The number of guanidine groups is 1. The first-order valence-electron chi connectivity index (χ1n) is 9.31. The highest BCUT2D eigenvalue weighted by atomic mass is 127. The molecule has 0 saturated carbocycles. The number of hydrogen-bond acceptors (Lipinski definition) is 4. The van der Waals surface area contributed by atoms with Crippen molar-refractivity contribution in [3.8, 4) is 0 Å². The van der Waals surface area contributed by atoms with Gasteiger partial charge in [0, 0.05) is 31.7 Å². The van der Waals surface area contributed by atoms with Crippen molar-refractivity contribution in [2.75, 3.05) is 25.6 Å². The molecule has 0 aromatic carbocycles. The summed E-state index contributed by atoms with van der Waals surface area (Å²) in [6.07, 6.45) is 7.16. The van der Waals surface area contributed by atoms with E-state index in [0.717, 1.165) is 50.4 Å². The maximum Gasteiger partial charge on any atom is 0.410 e. The standard InChI is InChI=1S/C18H34N4O2S.HI/c1-18(2,3)24-17(23)22-14-7-8-15(22)12-13(11-14)21-16(19-4)20-9-6-10-25-5;/h13-15H,6-12H2,1-5H3,(H2,19,20,21);1H. The highest BCUT2D eigenvalue weighted by molar-refractivity contribution is 14.0. The molecule has 6 nitrogen and oxygen atoms in total. The van der Waals surface area contributed by atoms with Crippen molar-refractivity contribution in [1.29, 1.82) is 0 Å². The van der Waals surface area contributed by atoms with Crippen LogP contribution < -0.4 is 10.6 Å². The summed E-state index contributed by atoms with van der Waals surface area (Å²) in [6.45, 7) is 6.71. The van der Waals surface area contributed by atoms with Crippen LogP contribution in [0, 0.1) is 0 Å². The lowest BCUT2D eigenvalue weighted by atomic mass is 9.98. The van der Waals surface area contributed by atoms with Gasteiger partial charge >= 0.3 is 6.09 Å². The quantitative estimate of drug-likeness (QED) is 0.263. The molecule has 2 aliphatic rings. The van der Waals surface area contributed by atoms with E-state index in [1.807, 2.05) is 44.5 Å². The Morgan fingerprint density at radius 3 is 2.38 bits per heavy atom. The first-order chi connectivity index (χ1) is 11.8. The number of amides is 1. The average molecular weight is 498 g/mol. The van der Waals surface area contributed by atoms with Crippen LogP contribution in [0.25, 0.3) is 0 Å². The fourth-order valence-corrected chi connectivity index (χ4v) is 4.15. The molecule has 2 rings (SSSR count). The SMILES string of the molecule is CN=C(NCCCSC)NC1CC2CCC(C1)N2C(=O)OC(C)(C)C.I. The third kappa shape index (κ3) is 6.98. The Kier molecular flexibility index (Phi) is 9.85. The molecule has 26 heavy (non-hydrogen) atoms. The fourth-order valence-electron chi connectivity index (χ4n) is 3.72. The molecule has 0 aromatic heterocycles. The summed E-state index contributed by atoms with van der Waals surface area (Å²) < 4.78 is 5.60. The Morgan fingerprint density at radius 2 is 1.88 bits per heavy atom. The van der Waals surface area contributed by atoms with Crippen molar-refractivity contribution in [3.63, 3.8) is 0 Å². The minimum Gasteiger partial charge on any atom is -0.444 e. The van der Waals surface area contributed by atoms with Crippen LogP contribution in [-0.2, 0) is 4.74 Å². The summed E-state index contributed by atoms with van der Waals surface area (Å²) in [4.78, 5) is 18.8. The van der Waals surface area contributed by atoms with E-state index in [2.05, 4.69) is 21.9 Å². The van der Waals surface area contributed by atoms with E-state index in [1.165, 1.54) is 0 Å². The van der Waals surface area contributed by atoms with Crippen LogP contribution >= 0.6 is 35.7 Å². The van der Waals surface area contributed by atoms with Gasteiger partial charge in [0.15, 0.2) is 5.96 Å². The second kappa shape index (κ2) is 10.8. The van der Waals surface area contributed by atoms with Gasteiger partial charge in [-0.25, -0.2) is 4.79 Å². The van der Waals surface area contributed by atoms with Crippen molar-refractivity contribution >= 4 is 47.8 Å². The van der Waals surface area contributed by atoms with Crippen LogP contribution in [-0.4, -0.2) is 66.3 Å². The van der Waals surface area contributed by atoms with Gasteiger partial charge in [0.25, 0.3) is 0 Å². The molecule has 0 radical (unpaired) electrons. The number of fused-ring (bicyclic) bond motifs is 2. The Bertz CT molecular complexity index is 470. The first-order valence-corrected chi connectivity index (χ1v) is 10.7. The molecule has 0 aliphatic carbocycles. The molecule has 2 N–H and O–H groups in total. The average Bonchev–Trinajstić information content (AvgIpc) is 2.80. The lowest BCUT2D eigenvalue weighted by molar-refractivity contribution is 0.00545.